The SMILES string of the molecule is Cc1ccc(OCC(=O)Nc2cccc(C(=O)[O-])c2)cc1C. The van der Waals surface area contributed by atoms with Crippen molar-refractivity contribution in [3.05, 3.63) is 59.2 Å². The first-order chi connectivity index (χ1) is 10.5. The highest BCUT2D eigenvalue weighted by molar-refractivity contribution is 5.94. The van der Waals surface area contributed by atoms with Gasteiger partial charge in [-0.1, -0.05) is 18.2 Å². The molecule has 1 N–H and O–H groups in total. The minimum Gasteiger partial charge on any atom is -0.545 e. The molecule has 5 nitrogen and oxygen atoms in total. The van der Waals surface area contributed by atoms with Crippen molar-refractivity contribution in [3.63, 3.8) is 0 Å². The van der Waals surface area contributed by atoms with Gasteiger partial charge in [0.05, 0.1) is 5.97 Å². The molecule has 0 saturated carbocycles. The summed E-state index contributed by atoms with van der Waals surface area (Å²) in [6.45, 7) is 3.81. The second-order valence-electron chi connectivity index (χ2n) is 4.95. The molecule has 0 atom stereocenters. The van der Waals surface area contributed by atoms with Gasteiger partial charge in [0.15, 0.2) is 6.61 Å². The van der Waals surface area contributed by atoms with Crippen LogP contribution in [0.4, 0.5) is 5.69 Å². The van der Waals surface area contributed by atoms with Crippen molar-refractivity contribution in [2.24, 2.45) is 0 Å². The number of aromatic carboxylic acids is 1. The van der Waals surface area contributed by atoms with Crippen LogP contribution in [0, 0.1) is 13.8 Å². The van der Waals surface area contributed by atoms with Gasteiger partial charge in [-0.3, -0.25) is 4.79 Å². The van der Waals surface area contributed by atoms with Gasteiger partial charge in [-0.15, -0.1) is 0 Å². The predicted octanol–water partition coefficient (Wildman–Crippen LogP) is 1.68. The second-order valence-corrected chi connectivity index (χ2v) is 4.95. The Bertz CT molecular complexity index is 710. The zero-order valence-electron chi connectivity index (χ0n) is 12.4. The summed E-state index contributed by atoms with van der Waals surface area (Å²) in [7, 11) is 0. The summed E-state index contributed by atoms with van der Waals surface area (Å²) < 4.78 is 5.41. The van der Waals surface area contributed by atoms with Crippen molar-refractivity contribution >= 4 is 17.6 Å². The molecule has 2 aromatic rings. The largest absolute Gasteiger partial charge is 0.545 e. The molecule has 0 aliphatic carbocycles. The maximum absolute atomic E-state index is 11.8. The number of carbonyl (C=O) groups is 2. The van der Waals surface area contributed by atoms with Gasteiger partial charge in [-0.05, 0) is 54.8 Å². The normalized spacial score (nSPS) is 10.1. The van der Waals surface area contributed by atoms with E-state index in [1.807, 2.05) is 26.0 Å². The van der Waals surface area contributed by atoms with Crippen molar-refractivity contribution in [2.75, 3.05) is 11.9 Å². The van der Waals surface area contributed by atoms with Crippen molar-refractivity contribution in [3.8, 4) is 5.75 Å². The Balaban J connectivity index is 1.94. The van der Waals surface area contributed by atoms with Gasteiger partial charge in [-0.25, -0.2) is 0 Å². The number of hydrogen-bond donors (Lipinski definition) is 1. The van der Waals surface area contributed by atoms with Gasteiger partial charge in [0, 0.05) is 5.69 Å². The van der Waals surface area contributed by atoms with Crippen LogP contribution in [0.25, 0.3) is 0 Å². The number of carboxylic acid groups (broad SMARTS) is 1. The van der Waals surface area contributed by atoms with Crippen LogP contribution >= 0.6 is 0 Å². The molecule has 0 aromatic heterocycles. The average molecular weight is 298 g/mol. The Morgan fingerprint density at radius 2 is 1.86 bits per heavy atom. The number of carbonyl (C=O) groups excluding carboxylic acids is 2. The van der Waals surface area contributed by atoms with E-state index in [-0.39, 0.29) is 18.1 Å². The van der Waals surface area contributed by atoms with Crippen LogP contribution in [-0.2, 0) is 4.79 Å². The molecule has 0 radical (unpaired) electrons. The van der Waals surface area contributed by atoms with Crippen LogP contribution in [0.15, 0.2) is 42.5 Å². The molecule has 0 heterocycles. The third kappa shape index (κ3) is 4.09. The van der Waals surface area contributed by atoms with Crippen LogP contribution in [0.1, 0.15) is 21.5 Å². The summed E-state index contributed by atoms with van der Waals surface area (Å²) >= 11 is 0. The summed E-state index contributed by atoms with van der Waals surface area (Å²) in [5.74, 6) is -1.04. The van der Waals surface area contributed by atoms with Crippen molar-refractivity contribution < 1.29 is 19.4 Å². The van der Waals surface area contributed by atoms with Crippen molar-refractivity contribution in [2.45, 2.75) is 13.8 Å². The Hall–Kier alpha value is -2.82. The van der Waals surface area contributed by atoms with Gasteiger partial charge in [0.1, 0.15) is 5.75 Å². The van der Waals surface area contributed by atoms with E-state index in [4.69, 9.17) is 4.74 Å². The summed E-state index contributed by atoms with van der Waals surface area (Å²) in [6.07, 6.45) is 0. The van der Waals surface area contributed by atoms with E-state index >= 15 is 0 Å². The Morgan fingerprint density at radius 3 is 2.55 bits per heavy atom. The zero-order chi connectivity index (χ0) is 16.1. The summed E-state index contributed by atoms with van der Waals surface area (Å²) in [5.41, 5.74) is 2.62. The summed E-state index contributed by atoms with van der Waals surface area (Å²) in [5, 5.41) is 13.3. The minimum atomic E-state index is -1.29. The molecule has 0 aliphatic heterocycles. The topological polar surface area (TPSA) is 78.5 Å². The fourth-order valence-corrected chi connectivity index (χ4v) is 1.87. The molecular formula is C17H16NO4-. The summed E-state index contributed by atoms with van der Waals surface area (Å²) in [6, 6.07) is 11.4. The molecule has 114 valence electrons. The van der Waals surface area contributed by atoms with E-state index in [9.17, 15) is 14.7 Å². The van der Waals surface area contributed by atoms with E-state index in [0.717, 1.165) is 11.1 Å². The van der Waals surface area contributed by atoms with Crippen LogP contribution in [0.5, 0.6) is 5.75 Å². The first-order valence-electron chi connectivity index (χ1n) is 6.77. The quantitative estimate of drug-likeness (QED) is 0.911. The number of aryl methyl sites for hydroxylation is 2. The highest BCUT2D eigenvalue weighted by Crippen LogP contribution is 2.16. The highest BCUT2D eigenvalue weighted by atomic mass is 16.5. The molecule has 5 heteroatoms. The third-order valence-corrected chi connectivity index (χ3v) is 3.23. The number of anilines is 1. The maximum Gasteiger partial charge on any atom is 0.262 e. The van der Waals surface area contributed by atoms with Gasteiger partial charge in [0.2, 0.25) is 0 Å². The lowest BCUT2D eigenvalue weighted by molar-refractivity contribution is -0.255. The molecule has 0 spiro atoms. The average Bonchev–Trinajstić information content (AvgIpc) is 2.49. The van der Waals surface area contributed by atoms with Gasteiger partial charge in [-0.2, -0.15) is 0 Å². The monoisotopic (exact) mass is 298 g/mol. The molecule has 2 aromatic carbocycles. The predicted molar refractivity (Wildman–Crippen MR) is 80.8 cm³/mol. The number of benzene rings is 2. The molecule has 0 bridgehead atoms. The molecule has 22 heavy (non-hydrogen) atoms. The van der Waals surface area contributed by atoms with E-state index in [1.165, 1.54) is 18.2 Å². The number of amides is 1. The first-order valence-corrected chi connectivity index (χ1v) is 6.77. The van der Waals surface area contributed by atoms with E-state index in [0.29, 0.717) is 11.4 Å². The third-order valence-electron chi connectivity index (χ3n) is 3.23. The smallest absolute Gasteiger partial charge is 0.262 e. The number of ether oxygens (including phenoxy) is 1. The van der Waals surface area contributed by atoms with Crippen LogP contribution < -0.4 is 15.2 Å². The minimum absolute atomic E-state index is 0.00729. The Kier molecular flexibility index (Phi) is 4.78. The number of carboxylic acids is 1. The fraction of sp³-hybridized carbons (Fsp3) is 0.176. The van der Waals surface area contributed by atoms with E-state index in [1.54, 1.807) is 12.1 Å². The number of rotatable bonds is 5. The van der Waals surface area contributed by atoms with Gasteiger partial charge >= 0.3 is 0 Å². The molecular weight excluding hydrogens is 282 g/mol. The second kappa shape index (κ2) is 6.76. The van der Waals surface area contributed by atoms with Crippen LogP contribution in [-0.4, -0.2) is 18.5 Å². The summed E-state index contributed by atoms with van der Waals surface area (Å²) in [4.78, 5) is 22.6. The molecule has 1 amide bonds. The zero-order valence-corrected chi connectivity index (χ0v) is 12.4. The Labute approximate surface area is 128 Å². The lowest BCUT2D eigenvalue weighted by Gasteiger charge is -2.10. The van der Waals surface area contributed by atoms with Crippen LogP contribution in [0.3, 0.4) is 0 Å². The van der Waals surface area contributed by atoms with E-state index < -0.39 is 5.97 Å². The van der Waals surface area contributed by atoms with Crippen LogP contribution in [0.2, 0.25) is 0 Å². The molecule has 0 saturated heterocycles. The lowest BCUT2D eigenvalue weighted by Crippen LogP contribution is -2.23. The molecule has 0 fully saturated rings. The molecule has 2 rings (SSSR count). The van der Waals surface area contributed by atoms with Crippen molar-refractivity contribution in [1.82, 2.24) is 0 Å². The maximum atomic E-state index is 11.8. The Morgan fingerprint density at radius 1 is 1.09 bits per heavy atom. The highest BCUT2D eigenvalue weighted by Gasteiger charge is 2.05. The first kappa shape index (κ1) is 15.6. The fourth-order valence-electron chi connectivity index (χ4n) is 1.87. The number of hydrogen-bond acceptors (Lipinski definition) is 4. The van der Waals surface area contributed by atoms with Gasteiger partial charge in [0.25, 0.3) is 5.91 Å². The molecule has 0 aliphatic rings. The van der Waals surface area contributed by atoms with Crippen molar-refractivity contribution in [1.29, 1.82) is 0 Å². The standard InChI is InChI=1S/C17H17NO4/c1-11-6-7-15(8-12(11)2)22-10-16(19)18-14-5-3-4-13(9-14)17(20)21/h3-9H,10H2,1-2H3,(H,18,19)(H,20,21)/p-1. The lowest BCUT2D eigenvalue weighted by atomic mass is 10.1. The number of nitrogens with one attached hydrogen (secondary N) is 1. The van der Waals surface area contributed by atoms with Gasteiger partial charge < -0.3 is 20.0 Å². The molecule has 0 unspecified atom stereocenters. The van der Waals surface area contributed by atoms with E-state index in [2.05, 4.69) is 5.32 Å².